The molecule has 0 radical (unpaired) electrons. The zero-order valence-electron chi connectivity index (χ0n) is 21.8. The second-order valence-electron chi connectivity index (χ2n) is 10.6. The van der Waals surface area contributed by atoms with Crippen molar-refractivity contribution < 1.29 is 27.4 Å². The zero-order chi connectivity index (χ0) is 27.3. The molecule has 0 aliphatic carbocycles. The van der Waals surface area contributed by atoms with Gasteiger partial charge in [-0.25, -0.2) is 4.98 Å². The minimum absolute atomic E-state index is 0.147. The first kappa shape index (κ1) is 26.5. The fourth-order valence-electron chi connectivity index (χ4n) is 4.85. The Morgan fingerprint density at radius 2 is 1.89 bits per heavy atom. The van der Waals surface area contributed by atoms with Crippen molar-refractivity contribution >= 4 is 36.5 Å². The van der Waals surface area contributed by atoms with E-state index in [-0.39, 0.29) is 11.8 Å². The predicted octanol–water partition coefficient (Wildman–Crippen LogP) is -0.838. The van der Waals surface area contributed by atoms with Gasteiger partial charge in [-0.2, -0.15) is 22.8 Å². The summed E-state index contributed by atoms with van der Waals surface area (Å²) in [6.45, 7) is 3.61. The highest BCUT2D eigenvalue weighted by Gasteiger charge is 2.48. The number of benzene rings is 1. The first-order valence-electron chi connectivity index (χ1n) is 12.7. The van der Waals surface area contributed by atoms with Crippen LogP contribution in [0.1, 0.15) is 29.8 Å². The summed E-state index contributed by atoms with van der Waals surface area (Å²) in [5.41, 5.74) is -1.07. The normalized spacial score (nSPS) is 21.3. The van der Waals surface area contributed by atoms with Gasteiger partial charge in [0.2, 0.25) is 0 Å². The Bertz CT molecular complexity index is 1430. The Morgan fingerprint density at radius 3 is 2.61 bits per heavy atom. The lowest BCUT2D eigenvalue weighted by Crippen LogP contribution is -2.68. The minimum atomic E-state index is -4.71. The highest BCUT2D eigenvalue weighted by atomic mass is 19.4. The van der Waals surface area contributed by atoms with Crippen molar-refractivity contribution in [2.45, 2.75) is 49.2 Å². The fraction of sp³-hybridized carbons (Fsp3) is 0.435. The zero-order valence-corrected chi connectivity index (χ0v) is 21.8. The Balaban J connectivity index is 1.36. The Hall–Kier alpha value is -3.08. The third kappa shape index (κ3) is 5.12. The molecule has 1 N–H and O–H groups in total. The average molecular weight is 524 g/mol. The summed E-state index contributed by atoms with van der Waals surface area (Å²) in [5, 5.41) is 6.17. The van der Waals surface area contributed by atoms with Crippen LogP contribution >= 0.6 is 0 Å². The van der Waals surface area contributed by atoms with E-state index in [1.54, 1.807) is 6.92 Å². The maximum absolute atomic E-state index is 13.1. The van der Waals surface area contributed by atoms with Gasteiger partial charge in [0.25, 0.3) is 5.56 Å². The van der Waals surface area contributed by atoms with Crippen LogP contribution in [-0.2, 0) is 12.5 Å². The monoisotopic (exact) mass is 524 g/mol. The first-order chi connectivity index (χ1) is 17.8. The van der Waals surface area contributed by atoms with E-state index >= 15 is 0 Å². The van der Waals surface area contributed by atoms with E-state index in [1.165, 1.54) is 6.07 Å². The summed E-state index contributed by atoms with van der Waals surface area (Å²) in [6, 6.07) is 7.50. The van der Waals surface area contributed by atoms with Gasteiger partial charge in [0, 0.05) is 12.1 Å². The number of hydrogen-bond donors (Lipinski definition) is 1. The van der Waals surface area contributed by atoms with Gasteiger partial charge in [-0.1, -0.05) is 0 Å². The van der Waals surface area contributed by atoms with Crippen LogP contribution < -0.4 is 25.1 Å². The largest absolute Gasteiger partial charge is 0.499 e. The number of aryl methyl sites for hydroxylation is 1. The molecule has 4 heterocycles. The summed E-state index contributed by atoms with van der Waals surface area (Å²) in [7, 11) is 6.33. The molecule has 0 bridgehead atoms. The first-order valence-corrected chi connectivity index (χ1v) is 12.7. The van der Waals surface area contributed by atoms with Crippen LogP contribution in [-0.4, -0.2) is 75.4 Å². The van der Waals surface area contributed by atoms with Gasteiger partial charge in [0.1, 0.15) is 27.5 Å². The number of halogens is 3. The molecule has 2 aromatic heterocycles. The third-order valence-corrected chi connectivity index (χ3v) is 7.55. The van der Waals surface area contributed by atoms with Crippen molar-refractivity contribution in [2.24, 2.45) is 0 Å². The van der Waals surface area contributed by atoms with Crippen molar-refractivity contribution in [3.8, 4) is 17.2 Å². The smallest absolute Gasteiger partial charge is 0.433 e. The van der Waals surface area contributed by atoms with Crippen LogP contribution in [0.5, 0.6) is 17.2 Å². The molecule has 1 atom stereocenters. The number of aromatic nitrogens is 3. The number of nitrogens with zero attached hydrogens (tertiary/aromatic N) is 3. The van der Waals surface area contributed by atoms with Gasteiger partial charge >= 0.3 is 6.18 Å². The quantitative estimate of drug-likeness (QED) is 0.437. The summed E-state index contributed by atoms with van der Waals surface area (Å²) in [5.74, 6) is 1.95. The van der Waals surface area contributed by atoms with Gasteiger partial charge in [-0.05, 0) is 62.9 Å². The summed E-state index contributed by atoms with van der Waals surface area (Å²) in [6.07, 6.45) is -2.24. The highest BCUT2D eigenvalue weighted by Crippen LogP contribution is 2.42. The highest BCUT2D eigenvalue weighted by molar-refractivity contribution is 6.61. The molecular weight excluding hydrogens is 497 g/mol. The number of nitrogens with one attached hydrogen (secondary N) is 1. The van der Waals surface area contributed by atoms with Gasteiger partial charge < -0.3 is 19.5 Å². The number of alkyl halides is 3. The topological polar surface area (TPSA) is 87.0 Å². The molecule has 5 rings (SSSR count). The molecule has 0 amide bonds. The van der Waals surface area contributed by atoms with E-state index in [9.17, 15) is 18.0 Å². The van der Waals surface area contributed by atoms with E-state index < -0.39 is 28.2 Å². The summed E-state index contributed by atoms with van der Waals surface area (Å²) >= 11 is 0. The molecule has 1 fully saturated rings. The lowest BCUT2D eigenvalue weighted by molar-refractivity contribution is -0.141. The number of hydrogen-bond acceptors (Lipinski definition) is 7. The molecule has 38 heavy (non-hydrogen) atoms. The number of ether oxygens (including phenoxy) is 3. The number of piperidine rings is 1. The van der Waals surface area contributed by atoms with Crippen LogP contribution in [0.4, 0.5) is 13.2 Å². The van der Waals surface area contributed by atoms with Crippen molar-refractivity contribution in [1.82, 2.24) is 19.9 Å². The second-order valence-corrected chi connectivity index (χ2v) is 10.6. The SMILES string of the molecule is BC1(B)Oc2cc(OC3CCNCC3)ccc2OC1(B)BCc1nn2c(=O)cc(C(F)(F)F)nc2cc1C. The van der Waals surface area contributed by atoms with Crippen LogP contribution in [0, 0.1) is 6.92 Å². The summed E-state index contributed by atoms with van der Waals surface area (Å²) in [4.78, 5) is 16.0. The Morgan fingerprint density at radius 1 is 1.16 bits per heavy atom. The van der Waals surface area contributed by atoms with Gasteiger partial charge in [0.05, 0.1) is 16.5 Å². The van der Waals surface area contributed by atoms with Crippen LogP contribution in [0.2, 0.25) is 0 Å². The number of rotatable bonds is 5. The molecule has 0 saturated carbocycles. The van der Waals surface area contributed by atoms with E-state index in [4.69, 9.17) is 14.2 Å². The lowest BCUT2D eigenvalue weighted by atomic mass is 9.33. The molecule has 1 unspecified atom stereocenters. The van der Waals surface area contributed by atoms with Crippen LogP contribution in [0.25, 0.3) is 5.65 Å². The minimum Gasteiger partial charge on any atom is -0.499 e. The Labute approximate surface area is 221 Å². The molecule has 2 aliphatic heterocycles. The van der Waals surface area contributed by atoms with Crippen LogP contribution in [0.15, 0.2) is 35.1 Å². The van der Waals surface area contributed by atoms with E-state index in [0.29, 0.717) is 42.4 Å². The van der Waals surface area contributed by atoms with E-state index in [2.05, 4.69) is 15.4 Å². The molecule has 8 nitrogen and oxygen atoms in total. The summed E-state index contributed by atoms with van der Waals surface area (Å²) < 4.78 is 59.2. The fourth-order valence-corrected chi connectivity index (χ4v) is 4.85. The van der Waals surface area contributed by atoms with Gasteiger partial charge in [-0.3, -0.25) is 4.79 Å². The molecule has 196 valence electrons. The molecule has 1 aromatic carbocycles. The van der Waals surface area contributed by atoms with Gasteiger partial charge in [0.15, 0.2) is 38.0 Å². The van der Waals surface area contributed by atoms with E-state index in [1.807, 2.05) is 41.7 Å². The standard InChI is InChI=1S/C23H27B4F3N4O4/c1-12-8-19-32-18(21(28,29)30)10-20(35)34(19)33-15(12)11-27-23(26)22(24,25)37-17-9-14(2-3-16(17)38-23)36-13-4-6-31-7-5-13/h2-3,8-10,13,27,31H,4-7,11,24-26H2,1H3. The van der Waals surface area contributed by atoms with Crippen LogP contribution in [0.3, 0.4) is 0 Å². The number of fused-ring (bicyclic) bond motifs is 2. The average Bonchev–Trinajstić information content (AvgIpc) is 2.83. The van der Waals surface area contributed by atoms with Crippen molar-refractivity contribution in [2.75, 3.05) is 13.1 Å². The van der Waals surface area contributed by atoms with Crippen molar-refractivity contribution in [3.05, 3.63) is 57.6 Å². The van der Waals surface area contributed by atoms with Crippen molar-refractivity contribution in [1.29, 1.82) is 0 Å². The molecule has 0 spiro atoms. The van der Waals surface area contributed by atoms with Gasteiger partial charge in [-0.15, -0.1) is 0 Å². The molecule has 3 aromatic rings. The predicted molar refractivity (Wildman–Crippen MR) is 145 cm³/mol. The molecular formula is C23H27B4F3N4O4. The molecule has 1 saturated heterocycles. The third-order valence-electron chi connectivity index (χ3n) is 7.55. The van der Waals surface area contributed by atoms with Crippen molar-refractivity contribution in [3.63, 3.8) is 0 Å². The Kier molecular flexibility index (Phi) is 6.69. The molecule has 2 aliphatic rings. The second kappa shape index (κ2) is 9.59. The molecule has 15 heteroatoms. The maximum Gasteiger partial charge on any atom is 0.433 e. The maximum atomic E-state index is 13.1. The van der Waals surface area contributed by atoms with E-state index in [0.717, 1.165) is 36.2 Å². The lowest BCUT2D eigenvalue weighted by Gasteiger charge is -2.49.